The van der Waals surface area contributed by atoms with Crippen molar-refractivity contribution in [3.05, 3.63) is 77.6 Å². The van der Waals surface area contributed by atoms with Gasteiger partial charge in [-0.25, -0.2) is 4.68 Å². The van der Waals surface area contributed by atoms with Crippen LogP contribution in [0.2, 0.25) is 0 Å². The van der Waals surface area contributed by atoms with Crippen LogP contribution in [0.5, 0.6) is 0 Å². The lowest BCUT2D eigenvalue weighted by atomic mass is 10.0. The van der Waals surface area contributed by atoms with Gasteiger partial charge in [-0.15, -0.1) is 10.2 Å². The number of carbonyl (C=O) groups is 1. The van der Waals surface area contributed by atoms with E-state index in [1.807, 2.05) is 60.7 Å². The van der Waals surface area contributed by atoms with Crippen LogP contribution < -0.4 is 5.43 Å². The smallest absolute Gasteiger partial charge is 0.249 e. The summed E-state index contributed by atoms with van der Waals surface area (Å²) in [6, 6.07) is 19.8. The highest BCUT2D eigenvalue weighted by molar-refractivity contribution is 7.99. The highest BCUT2D eigenvalue weighted by Crippen LogP contribution is 2.19. The largest absolute Gasteiger partial charge is 0.395 e. The third kappa shape index (κ3) is 4.01. The Balaban J connectivity index is 1.47. The molecule has 8 heteroatoms. The molecule has 2 heterocycles. The standard InChI is InChI=1S/C19H17N5O2S/c25-17-13-27-19-21-20-16(24(19)22-17)11-12-26-23-18(14-7-3-1-4-8-14)15-9-5-2-6-10-15/h1-10H,11-13H2,(H,22,25). The molecule has 4 rings (SSSR count). The van der Waals surface area contributed by atoms with Crippen LogP contribution in [0.15, 0.2) is 71.0 Å². The van der Waals surface area contributed by atoms with Gasteiger partial charge in [0.25, 0.3) is 0 Å². The molecule has 1 aliphatic heterocycles. The summed E-state index contributed by atoms with van der Waals surface area (Å²) in [5.74, 6) is 0.931. The fraction of sp³-hybridized carbons (Fsp3) is 0.158. The van der Waals surface area contributed by atoms with E-state index in [2.05, 4.69) is 20.8 Å². The Labute approximate surface area is 160 Å². The molecule has 0 unspecified atom stereocenters. The van der Waals surface area contributed by atoms with E-state index in [4.69, 9.17) is 4.84 Å². The number of hydrogen-bond acceptors (Lipinski definition) is 6. The monoisotopic (exact) mass is 379 g/mol. The quantitative estimate of drug-likeness (QED) is 0.404. The number of thioether (sulfide) groups is 1. The van der Waals surface area contributed by atoms with E-state index in [-0.39, 0.29) is 5.91 Å². The minimum atomic E-state index is -0.0667. The van der Waals surface area contributed by atoms with E-state index in [9.17, 15) is 4.79 Å². The number of benzene rings is 2. The number of oxime groups is 1. The van der Waals surface area contributed by atoms with Gasteiger partial charge in [0, 0.05) is 17.5 Å². The van der Waals surface area contributed by atoms with E-state index < -0.39 is 0 Å². The van der Waals surface area contributed by atoms with Gasteiger partial charge in [-0.3, -0.25) is 10.2 Å². The zero-order valence-corrected chi connectivity index (χ0v) is 15.2. The summed E-state index contributed by atoms with van der Waals surface area (Å²) in [5, 5.41) is 13.2. The topological polar surface area (TPSA) is 81.4 Å². The molecular formula is C19H17N5O2S. The lowest BCUT2D eigenvalue weighted by Crippen LogP contribution is -2.30. The zero-order valence-electron chi connectivity index (χ0n) is 14.4. The minimum Gasteiger partial charge on any atom is -0.395 e. The highest BCUT2D eigenvalue weighted by atomic mass is 32.2. The molecule has 0 spiro atoms. The van der Waals surface area contributed by atoms with E-state index in [1.165, 1.54) is 11.8 Å². The van der Waals surface area contributed by atoms with Crippen molar-refractivity contribution in [3.63, 3.8) is 0 Å². The summed E-state index contributed by atoms with van der Waals surface area (Å²) in [6.45, 7) is 0.321. The van der Waals surface area contributed by atoms with Gasteiger partial charge in [-0.1, -0.05) is 77.6 Å². The third-order valence-corrected chi connectivity index (χ3v) is 4.87. The van der Waals surface area contributed by atoms with Crippen LogP contribution in [0.4, 0.5) is 0 Å². The summed E-state index contributed by atoms with van der Waals surface area (Å²) in [7, 11) is 0. The van der Waals surface area contributed by atoms with E-state index in [0.29, 0.717) is 29.8 Å². The number of nitrogens with zero attached hydrogens (tertiary/aromatic N) is 4. The van der Waals surface area contributed by atoms with Crippen molar-refractivity contribution in [1.82, 2.24) is 14.9 Å². The molecule has 0 fully saturated rings. The Morgan fingerprint density at radius 2 is 1.74 bits per heavy atom. The van der Waals surface area contributed by atoms with Gasteiger partial charge in [-0.2, -0.15) is 0 Å². The second-order valence-corrected chi connectivity index (χ2v) is 6.76. The van der Waals surface area contributed by atoms with Gasteiger partial charge >= 0.3 is 0 Å². The summed E-state index contributed by atoms with van der Waals surface area (Å²) in [6.07, 6.45) is 0.480. The lowest BCUT2D eigenvalue weighted by Gasteiger charge is -2.15. The van der Waals surface area contributed by atoms with Gasteiger partial charge < -0.3 is 4.84 Å². The number of amides is 1. The summed E-state index contributed by atoms with van der Waals surface area (Å²) in [5.41, 5.74) is 5.48. The predicted octanol–water partition coefficient (Wildman–Crippen LogP) is 2.47. The maximum Gasteiger partial charge on any atom is 0.249 e. The van der Waals surface area contributed by atoms with Gasteiger partial charge in [0.05, 0.1) is 5.75 Å². The molecule has 7 nitrogen and oxygen atoms in total. The van der Waals surface area contributed by atoms with E-state index in [1.54, 1.807) is 4.68 Å². The maximum absolute atomic E-state index is 11.5. The zero-order chi connectivity index (χ0) is 18.5. The van der Waals surface area contributed by atoms with Crippen molar-refractivity contribution < 1.29 is 9.63 Å². The van der Waals surface area contributed by atoms with Crippen LogP contribution in [0, 0.1) is 0 Å². The van der Waals surface area contributed by atoms with Gasteiger partial charge in [0.1, 0.15) is 12.3 Å². The molecule has 0 bridgehead atoms. The highest BCUT2D eigenvalue weighted by Gasteiger charge is 2.20. The lowest BCUT2D eigenvalue weighted by molar-refractivity contribution is -0.115. The van der Waals surface area contributed by atoms with Crippen LogP contribution in [0.25, 0.3) is 0 Å². The Morgan fingerprint density at radius 3 is 2.41 bits per heavy atom. The van der Waals surface area contributed by atoms with E-state index >= 15 is 0 Å². The van der Waals surface area contributed by atoms with Crippen molar-refractivity contribution in [3.8, 4) is 0 Å². The number of aromatic nitrogens is 3. The number of hydrogen-bond donors (Lipinski definition) is 1. The maximum atomic E-state index is 11.5. The van der Waals surface area contributed by atoms with Crippen molar-refractivity contribution in [2.45, 2.75) is 11.6 Å². The minimum absolute atomic E-state index is 0.0667. The van der Waals surface area contributed by atoms with Crippen LogP contribution >= 0.6 is 11.8 Å². The molecule has 3 aromatic rings. The Bertz CT molecular complexity index is 915. The second kappa shape index (κ2) is 8.05. The summed E-state index contributed by atoms with van der Waals surface area (Å²) < 4.78 is 1.61. The molecule has 0 saturated heterocycles. The van der Waals surface area contributed by atoms with Crippen molar-refractivity contribution >= 4 is 23.4 Å². The molecule has 27 heavy (non-hydrogen) atoms. The van der Waals surface area contributed by atoms with Crippen molar-refractivity contribution in [1.29, 1.82) is 0 Å². The molecule has 2 aromatic carbocycles. The first-order chi connectivity index (χ1) is 13.3. The SMILES string of the molecule is O=C1CSc2nnc(CCON=C(c3ccccc3)c3ccccc3)n2N1. The normalized spacial score (nSPS) is 12.8. The predicted molar refractivity (Wildman–Crippen MR) is 103 cm³/mol. The summed E-state index contributed by atoms with van der Waals surface area (Å²) >= 11 is 1.37. The molecule has 0 aliphatic carbocycles. The molecule has 1 amide bonds. The molecule has 136 valence electrons. The fourth-order valence-electron chi connectivity index (χ4n) is 2.67. The average molecular weight is 379 g/mol. The Morgan fingerprint density at radius 1 is 1.07 bits per heavy atom. The molecule has 0 atom stereocenters. The van der Waals surface area contributed by atoms with Crippen LogP contribution in [0.1, 0.15) is 17.0 Å². The molecular weight excluding hydrogens is 362 g/mol. The first-order valence-corrected chi connectivity index (χ1v) is 9.47. The van der Waals surface area contributed by atoms with Gasteiger partial charge in [0.15, 0.2) is 5.82 Å². The first-order valence-electron chi connectivity index (χ1n) is 8.49. The number of rotatable bonds is 6. The van der Waals surface area contributed by atoms with Crippen molar-refractivity contribution in [2.75, 3.05) is 17.8 Å². The number of fused-ring (bicyclic) bond motifs is 1. The molecule has 1 N–H and O–H groups in total. The second-order valence-electron chi connectivity index (χ2n) is 5.81. The van der Waals surface area contributed by atoms with Crippen LogP contribution in [-0.2, 0) is 16.1 Å². The van der Waals surface area contributed by atoms with Crippen LogP contribution in [0.3, 0.4) is 0 Å². The fourth-order valence-corrected chi connectivity index (χ4v) is 3.37. The molecule has 0 radical (unpaired) electrons. The van der Waals surface area contributed by atoms with Gasteiger partial charge in [-0.05, 0) is 0 Å². The Kier molecular flexibility index (Phi) is 5.15. The van der Waals surface area contributed by atoms with Gasteiger partial charge in [0.2, 0.25) is 11.1 Å². The van der Waals surface area contributed by atoms with Crippen molar-refractivity contribution in [2.24, 2.45) is 5.16 Å². The number of carbonyl (C=O) groups excluding carboxylic acids is 1. The third-order valence-electron chi connectivity index (χ3n) is 3.94. The molecule has 1 aliphatic rings. The summed E-state index contributed by atoms with van der Waals surface area (Å²) in [4.78, 5) is 17.1. The van der Waals surface area contributed by atoms with Crippen LogP contribution in [-0.4, -0.2) is 38.9 Å². The average Bonchev–Trinajstić information content (AvgIpc) is 3.11. The Hall–Kier alpha value is -3.13. The first kappa shape index (κ1) is 17.3. The molecule has 1 aromatic heterocycles. The number of nitrogens with one attached hydrogen (secondary N) is 1. The molecule has 0 saturated carbocycles. The van der Waals surface area contributed by atoms with E-state index in [0.717, 1.165) is 16.8 Å².